The number of amides is 1. The van der Waals surface area contributed by atoms with Crippen LogP contribution in [0.1, 0.15) is 37.3 Å². The molecule has 3 rings (SSSR count). The summed E-state index contributed by atoms with van der Waals surface area (Å²) in [7, 11) is 0. The normalized spacial score (nSPS) is 17.8. The van der Waals surface area contributed by atoms with Crippen LogP contribution in [-0.2, 0) is 11.2 Å². The minimum Gasteiger partial charge on any atom is -0.351 e. The van der Waals surface area contributed by atoms with Gasteiger partial charge in [0.2, 0.25) is 11.0 Å². The molecule has 1 amide bonds. The van der Waals surface area contributed by atoms with Gasteiger partial charge in [0.15, 0.2) is 0 Å². The molecule has 1 saturated heterocycles. The third-order valence-corrected chi connectivity index (χ3v) is 5.52. The predicted octanol–water partition coefficient (Wildman–Crippen LogP) is 3.52. The summed E-state index contributed by atoms with van der Waals surface area (Å²) in [6.45, 7) is 5.60. The fraction of sp³-hybridized carbons (Fsp3) is 0.500. The Hall–Kier alpha value is -1.66. The lowest BCUT2D eigenvalue weighted by Crippen LogP contribution is -2.48. The van der Waals surface area contributed by atoms with Gasteiger partial charge in [-0.3, -0.25) is 4.79 Å². The molecule has 1 aliphatic rings. The van der Waals surface area contributed by atoms with Crippen LogP contribution in [0.3, 0.4) is 0 Å². The van der Waals surface area contributed by atoms with Gasteiger partial charge in [-0.05, 0) is 30.5 Å². The van der Waals surface area contributed by atoms with Crippen molar-refractivity contribution < 1.29 is 4.79 Å². The number of carbonyl (C=O) groups is 1. The van der Waals surface area contributed by atoms with Crippen molar-refractivity contribution >= 4 is 34.0 Å². The topological polar surface area (TPSA) is 58.1 Å². The lowest BCUT2D eigenvalue weighted by molar-refractivity contribution is -0.124. The summed E-state index contributed by atoms with van der Waals surface area (Å²) >= 11 is 7.55. The van der Waals surface area contributed by atoms with Gasteiger partial charge >= 0.3 is 0 Å². The van der Waals surface area contributed by atoms with E-state index in [1.54, 1.807) is 11.3 Å². The maximum Gasteiger partial charge on any atom is 0.222 e. The van der Waals surface area contributed by atoms with E-state index in [2.05, 4.69) is 20.4 Å². The van der Waals surface area contributed by atoms with Gasteiger partial charge in [-0.25, -0.2) is 0 Å². The Morgan fingerprint density at radius 2 is 2.12 bits per heavy atom. The Kier molecular flexibility index (Phi) is 5.91. The number of nitrogens with one attached hydrogen (secondary N) is 1. The molecule has 0 radical (unpaired) electrons. The van der Waals surface area contributed by atoms with Crippen molar-refractivity contribution in [2.45, 2.75) is 39.2 Å². The van der Waals surface area contributed by atoms with Crippen LogP contribution in [0.5, 0.6) is 0 Å². The largest absolute Gasteiger partial charge is 0.351 e. The van der Waals surface area contributed by atoms with Crippen molar-refractivity contribution in [3.63, 3.8) is 0 Å². The van der Waals surface area contributed by atoms with E-state index in [4.69, 9.17) is 11.6 Å². The van der Waals surface area contributed by atoms with Gasteiger partial charge in [0.1, 0.15) is 5.01 Å². The summed E-state index contributed by atoms with van der Waals surface area (Å²) in [4.78, 5) is 14.2. The molecule has 134 valence electrons. The van der Waals surface area contributed by atoms with Gasteiger partial charge in [0.05, 0.1) is 0 Å². The van der Waals surface area contributed by atoms with Crippen LogP contribution >= 0.6 is 22.9 Å². The lowest BCUT2D eigenvalue weighted by atomic mass is 10.1. The monoisotopic (exact) mass is 378 g/mol. The Bertz CT molecular complexity index is 716. The van der Waals surface area contributed by atoms with Gasteiger partial charge in [0.25, 0.3) is 0 Å². The number of aromatic nitrogens is 2. The molecule has 2 heterocycles. The van der Waals surface area contributed by atoms with E-state index in [0.29, 0.717) is 0 Å². The first kappa shape index (κ1) is 18.1. The third-order valence-electron chi connectivity index (χ3n) is 4.29. The van der Waals surface area contributed by atoms with E-state index in [1.165, 1.54) is 5.56 Å². The van der Waals surface area contributed by atoms with Crippen molar-refractivity contribution in [3.8, 4) is 0 Å². The molecule has 1 N–H and O–H groups in total. The van der Waals surface area contributed by atoms with E-state index in [1.807, 2.05) is 38.1 Å². The van der Waals surface area contributed by atoms with Crippen LogP contribution in [0.25, 0.3) is 0 Å². The highest BCUT2D eigenvalue weighted by Crippen LogP contribution is 2.25. The van der Waals surface area contributed by atoms with E-state index in [-0.39, 0.29) is 17.9 Å². The molecule has 1 aliphatic heterocycles. The molecule has 0 bridgehead atoms. The molecule has 0 saturated carbocycles. The number of carbonyl (C=O) groups excluding carboxylic acids is 1. The fourth-order valence-corrected chi connectivity index (χ4v) is 3.89. The first-order chi connectivity index (χ1) is 12.0. The zero-order chi connectivity index (χ0) is 17.8. The number of benzene rings is 1. The summed E-state index contributed by atoms with van der Waals surface area (Å²) in [6.07, 6.45) is 2.83. The zero-order valence-corrected chi connectivity index (χ0v) is 16.1. The highest BCUT2D eigenvalue weighted by molar-refractivity contribution is 7.15. The second kappa shape index (κ2) is 8.15. The molecular weight excluding hydrogens is 356 g/mol. The fourth-order valence-electron chi connectivity index (χ4n) is 2.86. The predicted molar refractivity (Wildman–Crippen MR) is 102 cm³/mol. The van der Waals surface area contributed by atoms with E-state index in [9.17, 15) is 4.79 Å². The molecule has 0 aliphatic carbocycles. The lowest BCUT2D eigenvalue weighted by Gasteiger charge is -2.33. The van der Waals surface area contributed by atoms with Crippen molar-refractivity contribution in [1.82, 2.24) is 15.5 Å². The van der Waals surface area contributed by atoms with Crippen LogP contribution in [0.2, 0.25) is 5.02 Å². The number of halogens is 1. The first-order valence-corrected chi connectivity index (χ1v) is 9.83. The molecule has 25 heavy (non-hydrogen) atoms. The van der Waals surface area contributed by atoms with Crippen LogP contribution < -0.4 is 10.2 Å². The summed E-state index contributed by atoms with van der Waals surface area (Å²) in [5.74, 6) is 0.135. The van der Waals surface area contributed by atoms with E-state index < -0.39 is 0 Å². The Balaban J connectivity index is 1.61. The van der Waals surface area contributed by atoms with Crippen LogP contribution in [-0.4, -0.2) is 35.2 Å². The highest BCUT2D eigenvalue weighted by atomic mass is 35.5. The minimum absolute atomic E-state index is 0.0166. The molecule has 7 heteroatoms. The van der Waals surface area contributed by atoms with E-state index in [0.717, 1.165) is 47.5 Å². The number of hydrogen-bond acceptors (Lipinski definition) is 5. The van der Waals surface area contributed by atoms with Crippen LogP contribution in [0.4, 0.5) is 5.13 Å². The molecule has 2 aromatic rings. The summed E-state index contributed by atoms with van der Waals surface area (Å²) < 4.78 is 0. The maximum atomic E-state index is 11.9. The second-order valence-corrected chi connectivity index (χ2v) is 8.21. The molecule has 1 atom stereocenters. The smallest absolute Gasteiger partial charge is 0.222 e. The van der Waals surface area contributed by atoms with Gasteiger partial charge in [-0.15, -0.1) is 10.2 Å². The molecule has 0 spiro atoms. The molecule has 1 aromatic carbocycles. The molecular formula is C18H23ClN4OS. The zero-order valence-electron chi connectivity index (χ0n) is 14.5. The molecule has 1 fully saturated rings. The van der Waals surface area contributed by atoms with Crippen molar-refractivity contribution in [1.29, 1.82) is 0 Å². The van der Waals surface area contributed by atoms with E-state index >= 15 is 0 Å². The number of piperidine rings is 1. The average Bonchev–Trinajstić information content (AvgIpc) is 3.06. The summed E-state index contributed by atoms with van der Waals surface area (Å²) in [6, 6.07) is 8.01. The third kappa shape index (κ3) is 4.92. The van der Waals surface area contributed by atoms with Crippen LogP contribution in [0, 0.1) is 5.92 Å². The van der Waals surface area contributed by atoms with Crippen molar-refractivity contribution in [3.05, 3.63) is 39.9 Å². The standard InChI is InChI=1S/C18H23ClN4OS/c1-12(2)17(24)20-15-4-3-9-23(11-15)18-22-21-16(25-18)10-13-5-7-14(19)8-6-13/h5-8,12,15H,3-4,9-11H2,1-2H3,(H,20,24). The average molecular weight is 379 g/mol. The van der Waals surface area contributed by atoms with Gasteiger partial charge < -0.3 is 10.2 Å². The Morgan fingerprint density at radius 1 is 1.36 bits per heavy atom. The van der Waals surface area contributed by atoms with Crippen molar-refractivity contribution in [2.75, 3.05) is 18.0 Å². The Labute approximate surface area is 157 Å². The van der Waals surface area contributed by atoms with Crippen LogP contribution in [0.15, 0.2) is 24.3 Å². The number of hydrogen-bond donors (Lipinski definition) is 1. The number of nitrogens with zero attached hydrogens (tertiary/aromatic N) is 3. The SMILES string of the molecule is CC(C)C(=O)NC1CCCN(c2nnc(Cc3ccc(Cl)cc3)s2)C1. The van der Waals surface area contributed by atoms with Gasteiger partial charge in [-0.2, -0.15) is 0 Å². The molecule has 5 nitrogen and oxygen atoms in total. The number of rotatable bonds is 5. The summed E-state index contributed by atoms with van der Waals surface area (Å²) in [5.41, 5.74) is 1.17. The summed E-state index contributed by atoms with van der Waals surface area (Å²) in [5, 5.41) is 14.5. The maximum absolute atomic E-state index is 11.9. The quantitative estimate of drug-likeness (QED) is 0.864. The Morgan fingerprint density at radius 3 is 2.84 bits per heavy atom. The first-order valence-electron chi connectivity index (χ1n) is 8.63. The molecule has 1 aromatic heterocycles. The minimum atomic E-state index is 0.0166. The molecule has 1 unspecified atom stereocenters. The highest BCUT2D eigenvalue weighted by Gasteiger charge is 2.24. The second-order valence-electron chi connectivity index (χ2n) is 6.73. The van der Waals surface area contributed by atoms with Gasteiger partial charge in [0, 0.05) is 36.5 Å². The van der Waals surface area contributed by atoms with Crippen molar-refractivity contribution in [2.24, 2.45) is 5.92 Å². The number of anilines is 1. The van der Waals surface area contributed by atoms with Gasteiger partial charge in [-0.1, -0.05) is 48.9 Å².